The molecule has 0 bridgehead atoms. The summed E-state index contributed by atoms with van der Waals surface area (Å²) in [7, 11) is 2.39. The fraction of sp³-hybridized carbons (Fsp3) is 0.133. The number of hydrogen-bond donors (Lipinski definition) is 3. The number of methoxy groups -OCH3 is 2. The number of ketones is 2. The maximum Gasteiger partial charge on any atom is 0.229 e. The van der Waals surface area contributed by atoms with Gasteiger partial charge in [-0.05, 0) is 37.4 Å². The van der Waals surface area contributed by atoms with Crippen molar-refractivity contribution in [2.45, 2.75) is 13.8 Å². The Bertz CT molecular complexity index is 2200. The second kappa shape index (κ2) is 8.71. The molecule has 1 aliphatic carbocycles. The van der Waals surface area contributed by atoms with E-state index in [0.717, 1.165) is 13.2 Å². The van der Waals surface area contributed by atoms with Gasteiger partial charge in [0.1, 0.15) is 56.5 Å². The molecule has 6 rings (SSSR count). The predicted octanol–water partition coefficient (Wildman–Crippen LogP) is 4.23. The first-order chi connectivity index (χ1) is 19.5. The number of aryl methyl sites for hydroxylation is 2. The third kappa shape index (κ3) is 3.45. The van der Waals surface area contributed by atoms with Crippen molar-refractivity contribution in [2.24, 2.45) is 0 Å². The number of phenolic OH excluding ortho intramolecular Hbond substituents is 3. The van der Waals surface area contributed by atoms with Gasteiger partial charge in [0, 0.05) is 17.7 Å². The summed E-state index contributed by atoms with van der Waals surface area (Å²) in [6, 6.07) is 6.26. The Morgan fingerprint density at radius 2 is 1.20 bits per heavy atom. The molecule has 5 aromatic rings. The highest BCUT2D eigenvalue weighted by molar-refractivity contribution is 6.42. The topological polar surface area (TPSA) is 174 Å². The van der Waals surface area contributed by atoms with E-state index < -0.39 is 56.6 Å². The molecule has 3 aromatic carbocycles. The van der Waals surface area contributed by atoms with Crippen molar-refractivity contribution < 1.29 is 43.2 Å². The molecule has 0 amide bonds. The number of rotatable bonds is 3. The molecule has 11 nitrogen and oxygen atoms in total. The van der Waals surface area contributed by atoms with Crippen LogP contribution in [0.5, 0.6) is 23.0 Å². The highest BCUT2D eigenvalue weighted by Crippen LogP contribution is 2.49. The van der Waals surface area contributed by atoms with Crippen LogP contribution in [0.4, 0.5) is 0 Å². The number of phenols is 3. The Morgan fingerprint density at radius 3 is 1.78 bits per heavy atom. The van der Waals surface area contributed by atoms with Crippen LogP contribution in [0, 0.1) is 13.8 Å². The van der Waals surface area contributed by atoms with Crippen LogP contribution in [-0.2, 0) is 4.74 Å². The second-order valence-corrected chi connectivity index (χ2v) is 9.53. The summed E-state index contributed by atoms with van der Waals surface area (Å²) in [6.45, 7) is 3.08. The molecule has 0 atom stereocenters. The van der Waals surface area contributed by atoms with E-state index in [1.165, 1.54) is 38.3 Å². The van der Waals surface area contributed by atoms with Crippen LogP contribution in [0.3, 0.4) is 0 Å². The summed E-state index contributed by atoms with van der Waals surface area (Å²) in [6.07, 6.45) is 0. The molecule has 11 heteroatoms. The molecule has 3 N–H and O–H groups in total. The van der Waals surface area contributed by atoms with Gasteiger partial charge in [-0.1, -0.05) is 0 Å². The number of allylic oxidation sites excluding steroid dienone is 2. The van der Waals surface area contributed by atoms with Crippen LogP contribution >= 0.6 is 0 Å². The molecular weight excluding hydrogens is 536 g/mol. The third-order valence-corrected chi connectivity index (χ3v) is 7.08. The average Bonchev–Trinajstić information content (AvgIpc) is 2.89. The van der Waals surface area contributed by atoms with Crippen LogP contribution < -0.4 is 15.6 Å². The first kappa shape index (κ1) is 25.7. The van der Waals surface area contributed by atoms with Crippen molar-refractivity contribution in [3.05, 3.63) is 84.7 Å². The second-order valence-electron chi connectivity index (χ2n) is 9.53. The number of benzene rings is 3. The van der Waals surface area contributed by atoms with Gasteiger partial charge in [-0.2, -0.15) is 0 Å². The van der Waals surface area contributed by atoms with Gasteiger partial charge in [0.2, 0.25) is 11.6 Å². The number of aromatic hydroxyl groups is 3. The number of hydrogen-bond acceptors (Lipinski definition) is 11. The highest BCUT2D eigenvalue weighted by atomic mass is 16.5. The van der Waals surface area contributed by atoms with Crippen LogP contribution in [0.15, 0.2) is 54.5 Å². The van der Waals surface area contributed by atoms with Gasteiger partial charge in [-0.3, -0.25) is 19.2 Å². The molecule has 0 radical (unpaired) electrons. The minimum atomic E-state index is -0.973. The van der Waals surface area contributed by atoms with E-state index in [4.69, 9.17) is 18.3 Å². The quantitative estimate of drug-likeness (QED) is 0.271. The molecule has 206 valence electrons. The SMILES string of the molecule is COC1=C(c2c(OC)cc3cc4oc(C)cc(=O)c4c(O)c3c2O)C(=O)c2c(cc3oc(C)cc(=O)c3c2O)C1=O. The summed E-state index contributed by atoms with van der Waals surface area (Å²) < 4.78 is 21.9. The lowest BCUT2D eigenvalue weighted by Crippen LogP contribution is -2.23. The van der Waals surface area contributed by atoms with E-state index in [1.807, 2.05) is 0 Å². The van der Waals surface area contributed by atoms with E-state index in [2.05, 4.69) is 0 Å². The zero-order valence-corrected chi connectivity index (χ0v) is 22.0. The van der Waals surface area contributed by atoms with E-state index in [0.29, 0.717) is 5.76 Å². The number of carbonyl (C=O) groups is 2. The molecule has 0 saturated heterocycles. The molecule has 41 heavy (non-hydrogen) atoms. The number of carbonyl (C=O) groups excluding carboxylic acids is 2. The molecule has 0 saturated carbocycles. The number of fused-ring (bicyclic) bond motifs is 4. The molecule has 1 aliphatic rings. The van der Waals surface area contributed by atoms with Gasteiger partial charge in [-0.25, -0.2) is 0 Å². The first-order valence-corrected chi connectivity index (χ1v) is 12.2. The smallest absolute Gasteiger partial charge is 0.229 e. The molecule has 0 aliphatic heterocycles. The van der Waals surface area contributed by atoms with E-state index >= 15 is 0 Å². The zero-order valence-electron chi connectivity index (χ0n) is 22.0. The minimum Gasteiger partial charge on any atom is -0.506 e. The van der Waals surface area contributed by atoms with Gasteiger partial charge in [0.25, 0.3) is 0 Å². The van der Waals surface area contributed by atoms with Crippen molar-refractivity contribution in [3.63, 3.8) is 0 Å². The Balaban J connectivity index is 1.73. The molecule has 2 heterocycles. The molecule has 0 fully saturated rings. The largest absolute Gasteiger partial charge is 0.506 e. The fourth-order valence-electron chi connectivity index (χ4n) is 5.38. The maximum absolute atomic E-state index is 14.0. The maximum atomic E-state index is 14.0. The van der Waals surface area contributed by atoms with Gasteiger partial charge >= 0.3 is 0 Å². The van der Waals surface area contributed by atoms with Crippen molar-refractivity contribution in [1.82, 2.24) is 0 Å². The highest BCUT2D eigenvalue weighted by Gasteiger charge is 2.40. The van der Waals surface area contributed by atoms with Crippen molar-refractivity contribution in [2.75, 3.05) is 14.2 Å². The van der Waals surface area contributed by atoms with E-state index in [1.54, 1.807) is 6.92 Å². The molecule has 0 spiro atoms. The summed E-state index contributed by atoms with van der Waals surface area (Å²) in [5.41, 5.74) is -2.89. The van der Waals surface area contributed by atoms with E-state index in [9.17, 15) is 34.5 Å². The lowest BCUT2D eigenvalue weighted by Gasteiger charge is -2.24. The lowest BCUT2D eigenvalue weighted by atomic mass is 9.82. The molecular formula is C30H20O11. The van der Waals surface area contributed by atoms with Crippen LogP contribution in [-0.4, -0.2) is 41.1 Å². The van der Waals surface area contributed by atoms with Crippen LogP contribution in [0.1, 0.15) is 37.8 Å². The van der Waals surface area contributed by atoms with Crippen molar-refractivity contribution in [1.29, 1.82) is 0 Å². The zero-order chi connectivity index (χ0) is 29.5. The summed E-state index contributed by atoms with van der Waals surface area (Å²) in [5, 5.41) is 33.2. The van der Waals surface area contributed by atoms with Gasteiger partial charge in [0.05, 0.1) is 36.3 Å². The lowest BCUT2D eigenvalue weighted by molar-refractivity contribution is 0.0923. The van der Waals surface area contributed by atoms with Crippen molar-refractivity contribution >= 4 is 49.9 Å². The van der Waals surface area contributed by atoms with E-state index in [-0.39, 0.29) is 55.3 Å². The Labute approximate surface area is 229 Å². The van der Waals surface area contributed by atoms with Gasteiger partial charge in [-0.15, -0.1) is 0 Å². The number of ether oxygens (including phenoxy) is 2. The normalized spacial score (nSPS) is 13.4. The third-order valence-electron chi connectivity index (χ3n) is 7.08. The predicted molar refractivity (Wildman–Crippen MR) is 146 cm³/mol. The van der Waals surface area contributed by atoms with Gasteiger partial charge in [0.15, 0.2) is 16.6 Å². The standard InChI is InChI=1S/C30H20O11/c1-10-5-14(31)21-17(40-10)8-12-7-16(38-3)23(27(35)19(12)26(21)34)24-29(37)20-13(25(33)30(24)39-4)9-18-22(28(20)36)15(32)6-11(2)41-18/h5-9,34-36H,1-4H3. The molecule has 0 unspecified atom stereocenters. The monoisotopic (exact) mass is 556 g/mol. The Hall–Kier alpha value is -5.58. The van der Waals surface area contributed by atoms with Crippen LogP contribution in [0.25, 0.3) is 38.3 Å². The Morgan fingerprint density at radius 1 is 0.634 bits per heavy atom. The summed E-state index contributed by atoms with van der Waals surface area (Å²) >= 11 is 0. The van der Waals surface area contributed by atoms with Crippen LogP contribution in [0.2, 0.25) is 0 Å². The van der Waals surface area contributed by atoms with Gasteiger partial charge < -0.3 is 33.6 Å². The molecule has 2 aromatic heterocycles. The first-order valence-electron chi connectivity index (χ1n) is 12.2. The summed E-state index contributed by atoms with van der Waals surface area (Å²) in [4.78, 5) is 53.1. The summed E-state index contributed by atoms with van der Waals surface area (Å²) in [5.74, 6) is -4.01. The van der Waals surface area contributed by atoms with Crippen molar-refractivity contribution in [3.8, 4) is 23.0 Å². The Kier molecular flexibility index (Phi) is 5.46. The minimum absolute atomic E-state index is 0.0507. The number of Topliss-reactive ketones (excluding diaryl/α,β-unsaturated/α-hetero) is 2. The average molecular weight is 556 g/mol. The fourth-order valence-corrected chi connectivity index (χ4v) is 5.38.